The predicted octanol–water partition coefficient (Wildman–Crippen LogP) is 2.62. The van der Waals surface area contributed by atoms with Crippen LogP contribution in [0.15, 0.2) is 65.7 Å². The minimum atomic E-state index is -1.15. The summed E-state index contributed by atoms with van der Waals surface area (Å²) in [6, 6.07) is 18.6. The van der Waals surface area contributed by atoms with Gasteiger partial charge in [-0.2, -0.15) is 0 Å². The molecule has 2 aromatic carbocycles. The molecule has 0 radical (unpaired) electrons. The number of hydrogen-bond donors (Lipinski definition) is 2. The Balaban J connectivity index is 2.05. The molecule has 0 saturated heterocycles. The summed E-state index contributed by atoms with van der Waals surface area (Å²) in [6.07, 6.45) is 0. The summed E-state index contributed by atoms with van der Waals surface area (Å²) in [7, 11) is 0. The molecule has 1 heterocycles. The van der Waals surface area contributed by atoms with E-state index in [1.807, 2.05) is 60.7 Å². The Morgan fingerprint density at radius 2 is 1.67 bits per heavy atom. The summed E-state index contributed by atoms with van der Waals surface area (Å²) >= 11 is 0. The van der Waals surface area contributed by atoms with Crippen molar-refractivity contribution in [2.75, 3.05) is 0 Å². The SMILES string of the molecule is C[C@@]1(C(=O)O)NC(c2ccccc2)=N[C@@H]1c1ccccc1. The third-order valence-electron chi connectivity index (χ3n) is 3.79. The van der Waals surface area contributed by atoms with Gasteiger partial charge in [0.15, 0.2) is 5.54 Å². The summed E-state index contributed by atoms with van der Waals surface area (Å²) in [6.45, 7) is 1.67. The van der Waals surface area contributed by atoms with Gasteiger partial charge >= 0.3 is 5.97 Å². The number of amidine groups is 1. The molecule has 4 nitrogen and oxygen atoms in total. The van der Waals surface area contributed by atoms with Crippen LogP contribution in [0.3, 0.4) is 0 Å². The van der Waals surface area contributed by atoms with Gasteiger partial charge in [-0.05, 0) is 12.5 Å². The quantitative estimate of drug-likeness (QED) is 0.908. The number of carboxylic acids is 1. The number of nitrogens with one attached hydrogen (secondary N) is 1. The number of aliphatic carboxylic acids is 1. The largest absolute Gasteiger partial charge is 0.479 e. The van der Waals surface area contributed by atoms with Crippen LogP contribution in [-0.4, -0.2) is 22.5 Å². The van der Waals surface area contributed by atoms with Gasteiger partial charge < -0.3 is 10.4 Å². The van der Waals surface area contributed by atoms with E-state index in [9.17, 15) is 9.90 Å². The van der Waals surface area contributed by atoms with Crippen LogP contribution in [-0.2, 0) is 4.79 Å². The molecule has 0 amide bonds. The zero-order chi connectivity index (χ0) is 14.9. The lowest BCUT2D eigenvalue weighted by Gasteiger charge is -2.26. The average Bonchev–Trinajstić information content (AvgIpc) is 2.88. The van der Waals surface area contributed by atoms with Crippen LogP contribution in [0.4, 0.5) is 0 Å². The molecule has 1 aliphatic heterocycles. The second-order valence-electron chi connectivity index (χ2n) is 5.29. The molecule has 0 fully saturated rings. The Morgan fingerprint density at radius 3 is 2.24 bits per heavy atom. The summed E-state index contributed by atoms with van der Waals surface area (Å²) in [5.74, 6) is -0.291. The van der Waals surface area contributed by atoms with Gasteiger partial charge in [0.2, 0.25) is 0 Å². The monoisotopic (exact) mass is 280 g/mol. The van der Waals surface area contributed by atoms with Gasteiger partial charge in [0.05, 0.1) is 0 Å². The first kappa shape index (κ1) is 13.4. The second kappa shape index (κ2) is 5.05. The Hall–Kier alpha value is -2.62. The van der Waals surface area contributed by atoms with Gasteiger partial charge in [0, 0.05) is 5.56 Å². The normalized spacial score (nSPS) is 24.2. The standard InChI is InChI=1S/C17H16N2O2/c1-17(16(20)21)14(12-8-4-2-5-9-12)18-15(19-17)13-10-6-3-7-11-13/h2-11,14H,1H3,(H,18,19)(H,20,21)/t14-,17-/m1/s1. The lowest BCUT2D eigenvalue weighted by atomic mass is 9.88. The van der Waals surface area contributed by atoms with Crippen molar-refractivity contribution in [2.24, 2.45) is 4.99 Å². The van der Waals surface area contributed by atoms with E-state index in [-0.39, 0.29) is 0 Å². The van der Waals surface area contributed by atoms with Crippen molar-refractivity contribution in [1.82, 2.24) is 5.32 Å². The Morgan fingerprint density at radius 1 is 1.10 bits per heavy atom. The van der Waals surface area contributed by atoms with E-state index >= 15 is 0 Å². The molecule has 4 heteroatoms. The van der Waals surface area contributed by atoms with E-state index in [1.54, 1.807) is 6.92 Å². The van der Waals surface area contributed by atoms with Crippen LogP contribution in [0, 0.1) is 0 Å². The van der Waals surface area contributed by atoms with Crippen LogP contribution in [0.2, 0.25) is 0 Å². The number of rotatable bonds is 3. The first-order valence-electron chi connectivity index (χ1n) is 6.81. The molecule has 0 saturated carbocycles. The minimum absolute atomic E-state index is 0.452. The molecule has 2 N–H and O–H groups in total. The number of hydrogen-bond acceptors (Lipinski definition) is 3. The molecular formula is C17H16N2O2. The van der Waals surface area contributed by atoms with E-state index in [1.165, 1.54) is 0 Å². The number of benzene rings is 2. The Kier molecular flexibility index (Phi) is 3.22. The van der Waals surface area contributed by atoms with Crippen LogP contribution in [0.5, 0.6) is 0 Å². The smallest absolute Gasteiger partial charge is 0.331 e. The summed E-state index contributed by atoms with van der Waals surface area (Å²) in [4.78, 5) is 16.4. The number of aliphatic imine (C=N–C) groups is 1. The summed E-state index contributed by atoms with van der Waals surface area (Å²) < 4.78 is 0. The van der Waals surface area contributed by atoms with Crippen molar-refractivity contribution in [3.05, 3.63) is 71.8 Å². The summed E-state index contributed by atoms with van der Waals surface area (Å²) in [5.41, 5.74) is 0.635. The lowest BCUT2D eigenvalue weighted by molar-refractivity contribution is -0.144. The lowest BCUT2D eigenvalue weighted by Crippen LogP contribution is -2.51. The van der Waals surface area contributed by atoms with Gasteiger partial charge in [-0.1, -0.05) is 60.7 Å². The fourth-order valence-electron chi connectivity index (χ4n) is 2.56. The van der Waals surface area contributed by atoms with Crippen LogP contribution in [0.25, 0.3) is 0 Å². The van der Waals surface area contributed by atoms with E-state index in [0.29, 0.717) is 5.84 Å². The minimum Gasteiger partial charge on any atom is -0.479 e. The Bertz CT molecular complexity index is 682. The zero-order valence-electron chi connectivity index (χ0n) is 11.7. The number of carboxylic acid groups (broad SMARTS) is 1. The molecule has 1 aliphatic rings. The molecule has 0 bridgehead atoms. The van der Waals surface area contributed by atoms with Gasteiger partial charge in [0.25, 0.3) is 0 Å². The highest BCUT2D eigenvalue weighted by atomic mass is 16.4. The molecule has 2 aromatic rings. The fourth-order valence-corrected chi connectivity index (χ4v) is 2.56. The molecule has 0 unspecified atom stereocenters. The average molecular weight is 280 g/mol. The second-order valence-corrected chi connectivity index (χ2v) is 5.29. The molecule has 0 aromatic heterocycles. The van der Waals surface area contributed by atoms with E-state index < -0.39 is 17.6 Å². The van der Waals surface area contributed by atoms with Gasteiger partial charge in [-0.15, -0.1) is 0 Å². The van der Waals surface area contributed by atoms with E-state index in [2.05, 4.69) is 10.3 Å². The molecule has 0 aliphatic carbocycles. The summed E-state index contributed by atoms with van der Waals surface area (Å²) in [5, 5.41) is 12.7. The fraction of sp³-hybridized carbons (Fsp3) is 0.176. The first-order valence-corrected chi connectivity index (χ1v) is 6.81. The van der Waals surface area contributed by atoms with Crippen molar-refractivity contribution < 1.29 is 9.90 Å². The highest BCUT2D eigenvalue weighted by molar-refractivity contribution is 6.04. The first-order chi connectivity index (χ1) is 10.1. The highest BCUT2D eigenvalue weighted by Gasteiger charge is 2.47. The molecular weight excluding hydrogens is 264 g/mol. The van der Waals surface area contributed by atoms with E-state index in [0.717, 1.165) is 11.1 Å². The van der Waals surface area contributed by atoms with Crippen LogP contribution >= 0.6 is 0 Å². The molecule has 0 spiro atoms. The molecule has 106 valence electrons. The topological polar surface area (TPSA) is 61.7 Å². The van der Waals surface area contributed by atoms with Crippen LogP contribution < -0.4 is 5.32 Å². The molecule has 3 rings (SSSR count). The van der Waals surface area contributed by atoms with Gasteiger partial charge in [0.1, 0.15) is 11.9 Å². The third kappa shape index (κ3) is 2.29. The van der Waals surface area contributed by atoms with Crippen molar-refractivity contribution in [3.63, 3.8) is 0 Å². The molecule has 21 heavy (non-hydrogen) atoms. The molecule has 2 atom stereocenters. The maximum absolute atomic E-state index is 11.7. The van der Waals surface area contributed by atoms with Crippen LogP contribution in [0.1, 0.15) is 24.1 Å². The van der Waals surface area contributed by atoms with Crippen molar-refractivity contribution in [3.8, 4) is 0 Å². The van der Waals surface area contributed by atoms with Crippen molar-refractivity contribution >= 4 is 11.8 Å². The maximum atomic E-state index is 11.7. The number of nitrogens with zero attached hydrogens (tertiary/aromatic N) is 1. The Labute approximate surface area is 123 Å². The number of carbonyl (C=O) groups is 1. The third-order valence-corrected chi connectivity index (χ3v) is 3.79. The van der Waals surface area contributed by atoms with Gasteiger partial charge in [-0.25, -0.2) is 4.79 Å². The van der Waals surface area contributed by atoms with Gasteiger partial charge in [-0.3, -0.25) is 4.99 Å². The predicted molar refractivity (Wildman–Crippen MR) is 81.3 cm³/mol. The van der Waals surface area contributed by atoms with E-state index in [4.69, 9.17) is 0 Å². The maximum Gasteiger partial charge on any atom is 0.331 e. The zero-order valence-corrected chi connectivity index (χ0v) is 11.7. The highest BCUT2D eigenvalue weighted by Crippen LogP contribution is 2.35. The van der Waals surface area contributed by atoms with Crippen molar-refractivity contribution in [1.29, 1.82) is 0 Å². The van der Waals surface area contributed by atoms with Crippen molar-refractivity contribution in [2.45, 2.75) is 18.5 Å².